The van der Waals surface area contributed by atoms with Crippen LogP contribution in [0.2, 0.25) is 0 Å². The fraction of sp³-hybridized carbons (Fsp3) is 0.500. The van der Waals surface area contributed by atoms with Crippen LogP contribution in [0.4, 0.5) is 5.69 Å². The van der Waals surface area contributed by atoms with Crippen molar-refractivity contribution in [3.8, 4) is 0 Å². The molecule has 0 radical (unpaired) electrons. The van der Waals surface area contributed by atoms with Gasteiger partial charge in [0.05, 0.1) is 4.90 Å². The summed E-state index contributed by atoms with van der Waals surface area (Å²) in [6.07, 6.45) is 1.17. The van der Waals surface area contributed by atoms with Crippen molar-refractivity contribution < 1.29 is 13.2 Å². The normalized spacial score (nSPS) is 12.8. The molecule has 0 aliphatic carbocycles. The van der Waals surface area contributed by atoms with E-state index in [2.05, 4.69) is 5.32 Å². The number of anilines is 1. The van der Waals surface area contributed by atoms with Crippen molar-refractivity contribution in [1.82, 2.24) is 4.90 Å². The SMILES string of the molecule is CCN(CC)C(=O)C(C)Nc1ccc(S(C)(=O)=O)cc1. The summed E-state index contributed by atoms with van der Waals surface area (Å²) in [6.45, 7) is 7.03. The topological polar surface area (TPSA) is 66.5 Å². The molecule has 1 aromatic rings. The summed E-state index contributed by atoms with van der Waals surface area (Å²) in [5, 5.41) is 3.08. The lowest BCUT2D eigenvalue weighted by Crippen LogP contribution is -2.41. The molecule has 0 bridgehead atoms. The first kappa shape index (κ1) is 16.5. The molecular weight excluding hydrogens is 276 g/mol. The van der Waals surface area contributed by atoms with Gasteiger partial charge in [0.25, 0.3) is 0 Å². The summed E-state index contributed by atoms with van der Waals surface area (Å²) >= 11 is 0. The monoisotopic (exact) mass is 298 g/mol. The van der Waals surface area contributed by atoms with Gasteiger partial charge < -0.3 is 10.2 Å². The lowest BCUT2D eigenvalue weighted by molar-refractivity contribution is -0.131. The molecule has 6 heteroatoms. The van der Waals surface area contributed by atoms with Gasteiger partial charge in [0.15, 0.2) is 9.84 Å². The predicted octanol–water partition coefficient (Wildman–Crippen LogP) is 1.76. The van der Waals surface area contributed by atoms with Crippen LogP contribution in [0.1, 0.15) is 20.8 Å². The summed E-state index contributed by atoms with van der Waals surface area (Å²) in [5.41, 5.74) is 0.727. The summed E-state index contributed by atoms with van der Waals surface area (Å²) in [4.78, 5) is 14.1. The van der Waals surface area contributed by atoms with Gasteiger partial charge in [0.1, 0.15) is 6.04 Å². The highest BCUT2D eigenvalue weighted by molar-refractivity contribution is 7.90. The largest absolute Gasteiger partial charge is 0.374 e. The van der Waals surface area contributed by atoms with E-state index in [-0.39, 0.29) is 16.8 Å². The number of nitrogens with zero attached hydrogens (tertiary/aromatic N) is 1. The van der Waals surface area contributed by atoms with E-state index in [1.807, 2.05) is 13.8 Å². The molecule has 0 aliphatic heterocycles. The number of hydrogen-bond donors (Lipinski definition) is 1. The smallest absolute Gasteiger partial charge is 0.244 e. The Morgan fingerprint density at radius 3 is 2.10 bits per heavy atom. The van der Waals surface area contributed by atoms with Crippen molar-refractivity contribution in [2.75, 3.05) is 24.7 Å². The number of hydrogen-bond acceptors (Lipinski definition) is 4. The first-order valence-corrected chi connectivity index (χ1v) is 8.54. The van der Waals surface area contributed by atoms with Crippen molar-refractivity contribution >= 4 is 21.4 Å². The summed E-state index contributed by atoms with van der Waals surface area (Å²) in [6, 6.07) is 6.06. The molecule has 1 rings (SSSR count). The standard InChI is InChI=1S/C14H22N2O3S/c1-5-16(6-2)14(17)11(3)15-12-7-9-13(10-8-12)20(4,18)19/h7-11,15H,5-6H2,1-4H3. The minimum absolute atomic E-state index is 0.0298. The Labute approximate surface area is 120 Å². The molecule has 0 saturated carbocycles. The number of likely N-dealkylation sites (N-methyl/N-ethyl adjacent to an activating group) is 1. The molecule has 1 amide bonds. The van der Waals surface area contributed by atoms with Gasteiger partial charge in [-0.3, -0.25) is 4.79 Å². The Bertz CT molecular complexity index is 548. The number of carbonyl (C=O) groups excluding carboxylic acids is 1. The van der Waals surface area contributed by atoms with Crippen molar-refractivity contribution in [1.29, 1.82) is 0 Å². The lowest BCUT2D eigenvalue weighted by Gasteiger charge is -2.24. The van der Waals surface area contributed by atoms with E-state index in [9.17, 15) is 13.2 Å². The third kappa shape index (κ3) is 4.23. The zero-order chi connectivity index (χ0) is 15.3. The number of rotatable bonds is 6. The van der Waals surface area contributed by atoms with Gasteiger partial charge in [-0.15, -0.1) is 0 Å². The molecule has 20 heavy (non-hydrogen) atoms. The minimum Gasteiger partial charge on any atom is -0.374 e. The number of carbonyl (C=O) groups is 1. The van der Waals surface area contributed by atoms with Gasteiger partial charge in [-0.05, 0) is 45.0 Å². The zero-order valence-corrected chi connectivity index (χ0v) is 13.2. The van der Waals surface area contributed by atoms with Crippen LogP contribution in [0, 0.1) is 0 Å². The highest BCUT2D eigenvalue weighted by Gasteiger charge is 2.17. The first-order chi connectivity index (χ1) is 9.29. The van der Waals surface area contributed by atoms with Crippen molar-refractivity contribution in [3.05, 3.63) is 24.3 Å². The minimum atomic E-state index is -3.19. The van der Waals surface area contributed by atoms with E-state index < -0.39 is 9.84 Å². The number of sulfone groups is 1. The average molecular weight is 298 g/mol. The third-order valence-corrected chi connectivity index (χ3v) is 4.24. The lowest BCUT2D eigenvalue weighted by atomic mass is 10.2. The van der Waals surface area contributed by atoms with Crippen molar-refractivity contribution in [2.45, 2.75) is 31.7 Å². The Hall–Kier alpha value is -1.56. The number of benzene rings is 1. The van der Waals surface area contributed by atoms with E-state index in [1.165, 1.54) is 18.4 Å². The van der Waals surface area contributed by atoms with Gasteiger partial charge in [-0.25, -0.2) is 8.42 Å². The van der Waals surface area contributed by atoms with E-state index in [4.69, 9.17) is 0 Å². The summed E-state index contributed by atoms with van der Waals surface area (Å²) < 4.78 is 22.7. The third-order valence-electron chi connectivity index (χ3n) is 3.11. The maximum atomic E-state index is 12.1. The quantitative estimate of drug-likeness (QED) is 0.869. The second kappa shape index (κ2) is 6.74. The number of nitrogens with one attached hydrogen (secondary N) is 1. The average Bonchev–Trinajstić information content (AvgIpc) is 2.39. The van der Waals surface area contributed by atoms with E-state index in [0.717, 1.165) is 5.69 Å². The van der Waals surface area contributed by atoms with Crippen LogP contribution in [0.25, 0.3) is 0 Å². The Kier molecular flexibility index (Phi) is 5.56. The van der Waals surface area contributed by atoms with Gasteiger partial charge in [-0.2, -0.15) is 0 Å². The molecule has 0 aromatic heterocycles. The van der Waals surface area contributed by atoms with Crippen LogP contribution >= 0.6 is 0 Å². The summed E-state index contributed by atoms with van der Waals surface area (Å²) in [7, 11) is -3.19. The summed E-state index contributed by atoms with van der Waals surface area (Å²) in [5.74, 6) is 0.0298. The maximum Gasteiger partial charge on any atom is 0.244 e. The second-order valence-electron chi connectivity index (χ2n) is 4.67. The molecule has 0 spiro atoms. The van der Waals surface area contributed by atoms with E-state index in [0.29, 0.717) is 13.1 Å². The Morgan fingerprint density at radius 1 is 1.20 bits per heavy atom. The molecule has 0 aliphatic rings. The fourth-order valence-electron chi connectivity index (χ4n) is 1.92. The van der Waals surface area contributed by atoms with Crippen LogP contribution < -0.4 is 5.32 Å². The van der Waals surface area contributed by atoms with Gasteiger partial charge in [0.2, 0.25) is 5.91 Å². The number of amides is 1. The first-order valence-electron chi connectivity index (χ1n) is 6.65. The molecule has 1 aromatic carbocycles. The highest BCUT2D eigenvalue weighted by atomic mass is 32.2. The maximum absolute atomic E-state index is 12.1. The molecular formula is C14H22N2O3S. The molecule has 112 valence electrons. The van der Waals surface area contributed by atoms with Gasteiger partial charge in [0, 0.05) is 25.0 Å². The molecule has 5 nitrogen and oxygen atoms in total. The van der Waals surface area contributed by atoms with Crippen molar-refractivity contribution in [2.24, 2.45) is 0 Å². The van der Waals surface area contributed by atoms with Crippen LogP contribution in [0.15, 0.2) is 29.2 Å². The van der Waals surface area contributed by atoms with Gasteiger partial charge >= 0.3 is 0 Å². The van der Waals surface area contributed by atoms with Crippen LogP contribution in [0.3, 0.4) is 0 Å². The van der Waals surface area contributed by atoms with Crippen molar-refractivity contribution in [3.63, 3.8) is 0 Å². The molecule has 1 unspecified atom stereocenters. The fourth-order valence-corrected chi connectivity index (χ4v) is 2.55. The molecule has 1 N–H and O–H groups in total. The zero-order valence-electron chi connectivity index (χ0n) is 12.4. The Balaban J connectivity index is 2.76. The van der Waals surface area contributed by atoms with E-state index >= 15 is 0 Å². The van der Waals surface area contributed by atoms with Gasteiger partial charge in [-0.1, -0.05) is 0 Å². The second-order valence-corrected chi connectivity index (χ2v) is 6.69. The Morgan fingerprint density at radius 2 is 1.70 bits per heavy atom. The molecule has 0 saturated heterocycles. The van der Waals surface area contributed by atoms with Crippen LogP contribution in [-0.2, 0) is 14.6 Å². The molecule has 0 fully saturated rings. The van der Waals surface area contributed by atoms with Crippen LogP contribution in [0.5, 0.6) is 0 Å². The highest BCUT2D eigenvalue weighted by Crippen LogP contribution is 2.15. The predicted molar refractivity (Wildman–Crippen MR) is 80.6 cm³/mol. The molecule has 1 atom stereocenters. The molecule has 0 heterocycles. The van der Waals surface area contributed by atoms with E-state index in [1.54, 1.807) is 24.0 Å². The van der Waals surface area contributed by atoms with Crippen LogP contribution in [-0.4, -0.2) is 44.6 Å².